The number of thioether (sulfide) groups is 1. The van der Waals surface area contributed by atoms with Crippen LogP contribution in [0.5, 0.6) is 0 Å². The number of halogens is 1. The first-order valence-corrected chi connectivity index (χ1v) is 9.40. The first-order chi connectivity index (χ1) is 12.5. The summed E-state index contributed by atoms with van der Waals surface area (Å²) in [6.07, 6.45) is 0.578. The number of fused-ring (bicyclic) bond motifs is 1. The lowest BCUT2D eigenvalue weighted by Crippen LogP contribution is -2.56. The molecule has 4 nitrogen and oxygen atoms in total. The highest BCUT2D eigenvalue weighted by Gasteiger charge is 2.48. The lowest BCUT2D eigenvalue weighted by molar-refractivity contribution is -0.131. The van der Waals surface area contributed by atoms with Gasteiger partial charge in [-0.1, -0.05) is 36.0 Å². The van der Waals surface area contributed by atoms with Crippen LogP contribution in [-0.2, 0) is 16.0 Å². The molecule has 1 atom stereocenters. The Morgan fingerprint density at radius 2 is 1.88 bits per heavy atom. The molecule has 0 spiro atoms. The highest BCUT2D eigenvalue weighted by molar-refractivity contribution is 8.02. The van der Waals surface area contributed by atoms with Crippen LogP contribution >= 0.6 is 11.8 Å². The van der Waals surface area contributed by atoms with E-state index in [9.17, 15) is 14.0 Å². The fraction of sp³-hybridized carbons (Fsp3) is 0.300. The Morgan fingerprint density at radius 1 is 1.19 bits per heavy atom. The molecule has 2 amide bonds. The number of anilines is 1. The Hall–Kier alpha value is -2.34. The van der Waals surface area contributed by atoms with Crippen molar-refractivity contribution in [3.8, 4) is 0 Å². The van der Waals surface area contributed by atoms with Gasteiger partial charge in [-0.05, 0) is 50.1 Å². The van der Waals surface area contributed by atoms with E-state index < -0.39 is 4.75 Å². The molecule has 0 aromatic heterocycles. The molecule has 26 heavy (non-hydrogen) atoms. The summed E-state index contributed by atoms with van der Waals surface area (Å²) in [5, 5.41) is 2.86. The van der Waals surface area contributed by atoms with Gasteiger partial charge in [0.2, 0.25) is 5.91 Å². The Bertz CT molecular complexity index is 825. The van der Waals surface area contributed by atoms with Gasteiger partial charge in [0, 0.05) is 18.0 Å². The first kappa shape index (κ1) is 18.5. The summed E-state index contributed by atoms with van der Waals surface area (Å²) in [5.41, 5.74) is 1.78. The predicted octanol–water partition coefficient (Wildman–Crippen LogP) is 3.40. The molecular weight excluding hydrogens is 351 g/mol. The van der Waals surface area contributed by atoms with Crippen LogP contribution in [0.2, 0.25) is 0 Å². The average Bonchev–Trinajstić information content (AvgIpc) is 2.64. The molecule has 0 saturated heterocycles. The number of carbonyl (C=O) groups excluding carboxylic acids is 2. The molecule has 0 saturated carbocycles. The molecule has 2 aromatic carbocycles. The van der Waals surface area contributed by atoms with E-state index in [4.69, 9.17) is 0 Å². The van der Waals surface area contributed by atoms with Crippen molar-refractivity contribution >= 4 is 29.3 Å². The number of para-hydroxylation sites is 1. The molecule has 3 rings (SSSR count). The third kappa shape index (κ3) is 3.46. The number of hydrogen-bond donors (Lipinski definition) is 1. The monoisotopic (exact) mass is 372 g/mol. The number of amides is 2. The second-order valence-electron chi connectivity index (χ2n) is 6.28. The second-order valence-corrected chi connectivity index (χ2v) is 7.75. The molecule has 2 aromatic rings. The summed E-state index contributed by atoms with van der Waals surface area (Å²) in [6.45, 7) is 4.47. The van der Waals surface area contributed by atoms with Crippen LogP contribution < -0.4 is 10.2 Å². The quantitative estimate of drug-likeness (QED) is 0.819. The van der Waals surface area contributed by atoms with Crippen molar-refractivity contribution in [1.82, 2.24) is 5.32 Å². The molecule has 1 aliphatic heterocycles. The summed E-state index contributed by atoms with van der Waals surface area (Å²) < 4.78 is 11.7. The lowest BCUT2D eigenvalue weighted by atomic mass is 10.1. The number of nitrogens with one attached hydrogen (secondary N) is 1. The highest BCUT2D eigenvalue weighted by Crippen LogP contribution is 2.45. The summed E-state index contributed by atoms with van der Waals surface area (Å²) >= 11 is 1.29. The maximum atomic E-state index is 13.0. The number of nitrogens with zero attached hydrogens (tertiary/aromatic N) is 1. The van der Waals surface area contributed by atoms with E-state index in [1.54, 1.807) is 24.0 Å². The van der Waals surface area contributed by atoms with Gasteiger partial charge in [-0.15, -0.1) is 0 Å². The van der Waals surface area contributed by atoms with E-state index in [-0.39, 0.29) is 17.6 Å². The van der Waals surface area contributed by atoms with Gasteiger partial charge in [-0.3, -0.25) is 9.59 Å². The third-order valence-electron chi connectivity index (χ3n) is 4.49. The molecule has 0 radical (unpaired) electrons. The average molecular weight is 372 g/mol. The first-order valence-electron chi connectivity index (χ1n) is 8.58. The molecule has 0 aliphatic carbocycles. The summed E-state index contributed by atoms with van der Waals surface area (Å²) in [7, 11) is 0. The van der Waals surface area contributed by atoms with Gasteiger partial charge < -0.3 is 10.2 Å². The van der Waals surface area contributed by atoms with Crippen molar-refractivity contribution in [2.24, 2.45) is 0 Å². The molecule has 6 heteroatoms. The van der Waals surface area contributed by atoms with Crippen LogP contribution in [0.1, 0.15) is 19.4 Å². The Labute approximate surface area is 156 Å². The summed E-state index contributed by atoms with van der Waals surface area (Å²) in [5.74, 6) is -0.793. The van der Waals surface area contributed by atoms with Crippen molar-refractivity contribution < 1.29 is 14.0 Å². The standard InChI is InChI=1S/C20H21FN2O2S/c1-3-23-16-6-4-5-7-17(16)26-20(2,19(23)25)18(24)22-13-12-14-8-10-15(21)11-9-14/h4-11H,3,12-13H2,1-2H3,(H,22,24). The van der Waals surface area contributed by atoms with Crippen LogP contribution in [0.3, 0.4) is 0 Å². The van der Waals surface area contributed by atoms with Crippen LogP contribution in [0.4, 0.5) is 10.1 Å². The minimum Gasteiger partial charge on any atom is -0.354 e. The molecule has 1 unspecified atom stereocenters. The fourth-order valence-corrected chi connectivity index (χ4v) is 4.23. The normalized spacial score (nSPS) is 19.2. The van der Waals surface area contributed by atoms with Gasteiger partial charge in [0.15, 0.2) is 4.75 Å². The third-order valence-corrected chi connectivity index (χ3v) is 5.82. The number of benzene rings is 2. The Kier molecular flexibility index (Phi) is 5.32. The van der Waals surface area contributed by atoms with E-state index in [1.165, 1.54) is 23.9 Å². The maximum absolute atomic E-state index is 13.0. The van der Waals surface area contributed by atoms with Gasteiger partial charge in [-0.2, -0.15) is 0 Å². The van der Waals surface area contributed by atoms with E-state index >= 15 is 0 Å². The number of hydrogen-bond acceptors (Lipinski definition) is 3. The SMILES string of the molecule is CCN1C(=O)C(C)(C(=O)NCCc2ccc(F)cc2)Sc2ccccc21. The van der Waals surface area contributed by atoms with Crippen LogP contribution in [0.15, 0.2) is 53.4 Å². The highest BCUT2D eigenvalue weighted by atomic mass is 32.2. The fourth-order valence-electron chi connectivity index (χ4n) is 2.99. The molecule has 1 heterocycles. The smallest absolute Gasteiger partial charge is 0.252 e. The van der Waals surface area contributed by atoms with Crippen molar-refractivity contribution in [1.29, 1.82) is 0 Å². The predicted molar refractivity (Wildman–Crippen MR) is 102 cm³/mol. The van der Waals surface area contributed by atoms with Crippen molar-refractivity contribution in [2.45, 2.75) is 29.9 Å². The van der Waals surface area contributed by atoms with Gasteiger partial charge in [0.25, 0.3) is 5.91 Å². The van der Waals surface area contributed by atoms with Crippen molar-refractivity contribution in [3.63, 3.8) is 0 Å². The van der Waals surface area contributed by atoms with E-state index in [1.807, 2.05) is 31.2 Å². The Morgan fingerprint density at radius 3 is 2.58 bits per heavy atom. The van der Waals surface area contributed by atoms with Crippen LogP contribution in [0.25, 0.3) is 0 Å². The van der Waals surface area contributed by atoms with Crippen molar-refractivity contribution in [3.05, 3.63) is 59.9 Å². The lowest BCUT2D eigenvalue weighted by Gasteiger charge is -2.38. The Balaban J connectivity index is 1.71. The summed E-state index contributed by atoms with van der Waals surface area (Å²) in [6, 6.07) is 13.8. The molecule has 0 bridgehead atoms. The zero-order valence-electron chi connectivity index (χ0n) is 14.8. The van der Waals surface area contributed by atoms with E-state index in [2.05, 4.69) is 5.32 Å². The van der Waals surface area contributed by atoms with Crippen molar-refractivity contribution in [2.75, 3.05) is 18.0 Å². The maximum Gasteiger partial charge on any atom is 0.252 e. The number of carbonyl (C=O) groups is 2. The van der Waals surface area contributed by atoms with Crippen LogP contribution in [-0.4, -0.2) is 29.7 Å². The molecule has 0 fully saturated rings. The number of rotatable bonds is 5. The minimum atomic E-state index is -1.20. The minimum absolute atomic E-state index is 0.206. The van der Waals surface area contributed by atoms with Gasteiger partial charge in [-0.25, -0.2) is 4.39 Å². The van der Waals surface area contributed by atoms with Gasteiger partial charge in [0.05, 0.1) is 5.69 Å². The van der Waals surface area contributed by atoms with E-state index in [0.29, 0.717) is 19.5 Å². The van der Waals surface area contributed by atoms with E-state index in [0.717, 1.165) is 16.1 Å². The zero-order valence-corrected chi connectivity index (χ0v) is 15.6. The molecule has 1 N–H and O–H groups in total. The topological polar surface area (TPSA) is 49.4 Å². The van der Waals surface area contributed by atoms with Gasteiger partial charge in [0.1, 0.15) is 5.82 Å². The zero-order chi connectivity index (χ0) is 18.7. The van der Waals surface area contributed by atoms with Crippen LogP contribution in [0, 0.1) is 5.82 Å². The van der Waals surface area contributed by atoms with Gasteiger partial charge >= 0.3 is 0 Å². The molecular formula is C20H21FN2O2S. The molecule has 136 valence electrons. The molecule has 1 aliphatic rings. The summed E-state index contributed by atoms with van der Waals surface area (Å²) in [4.78, 5) is 28.3. The second kappa shape index (κ2) is 7.50. The largest absolute Gasteiger partial charge is 0.354 e.